The molecule has 0 fully saturated rings. The number of benzene rings is 2. The first-order chi connectivity index (χ1) is 8.65. The van der Waals surface area contributed by atoms with Gasteiger partial charge in [0.05, 0.1) is 15.2 Å². The van der Waals surface area contributed by atoms with Gasteiger partial charge in [-0.1, -0.05) is 39.7 Å². The summed E-state index contributed by atoms with van der Waals surface area (Å²) in [7, 11) is 0. The Hall–Kier alpha value is -0.900. The smallest absolute Gasteiger partial charge is 0.127 e. The first-order valence-electron chi connectivity index (χ1n) is 5.47. The number of fused-ring (bicyclic) bond motifs is 1. The fraction of sp³-hybridized carbons (Fsp3) is 0.0714. The van der Waals surface area contributed by atoms with Crippen molar-refractivity contribution in [3.63, 3.8) is 0 Å². The molecule has 0 amide bonds. The van der Waals surface area contributed by atoms with Crippen molar-refractivity contribution in [1.29, 1.82) is 0 Å². The van der Waals surface area contributed by atoms with Crippen molar-refractivity contribution in [1.82, 2.24) is 4.98 Å². The summed E-state index contributed by atoms with van der Waals surface area (Å²) in [6.07, 6.45) is 0. The normalized spacial score (nSPS) is 11.1. The molecule has 0 N–H and O–H groups in total. The zero-order chi connectivity index (χ0) is 12.7. The standard InChI is InChI=1S/C14H9BrClNS/c1-8-5-6-11-12(7-8)18-14(17-11)13-9(15)3-2-4-10(13)16/h2-7H,1H3. The lowest BCUT2D eigenvalue weighted by molar-refractivity contribution is 1.45. The summed E-state index contributed by atoms with van der Waals surface area (Å²) in [6.45, 7) is 2.09. The van der Waals surface area contributed by atoms with Crippen molar-refractivity contribution in [2.24, 2.45) is 0 Å². The van der Waals surface area contributed by atoms with E-state index in [0.29, 0.717) is 0 Å². The van der Waals surface area contributed by atoms with Crippen molar-refractivity contribution >= 4 is 49.1 Å². The molecule has 0 unspecified atom stereocenters. The Morgan fingerprint density at radius 2 is 2.06 bits per heavy atom. The van der Waals surface area contributed by atoms with Crippen LogP contribution in [0.4, 0.5) is 0 Å². The van der Waals surface area contributed by atoms with E-state index in [4.69, 9.17) is 11.6 Å². The Bertz CT molecular complexity index is 715. The van der Waals surface area contributed by atoms with Crippen LogP contribution in [0.25, 0.3) is 20.8 Å². The molecule has 0 spiro atoms. The van der Waals surface area contributed by atoms with Gasteiger partial charge in [0, 0.05) is 10.0 Å². The Labute approximate surface area is 123 Å². The zero-order valence-corrected chi connectivity index (χ0v) is 12.7. The summed E-state index contributed by atoms with van der Waals surface area (Å²) < 4.78 is 2.17. The number of halogens is 2. The average molecular weight is 339 g/mol. The van der Waals surface area contributed by atoms with Crippen molar-refractivity contribution in [3.05, 3.63) is 51.5 Å². The van der Waals surface area contributed by atoms with E-state index in [2.05, 4.69) is 46.0 Å². The minimum absolute atomic E-state index is 0.722. The van der Waals surface area contributed by atoms with Crippen LogP contribution < -0.4 is 0 Å². The van der Waals surface area contributed by atoms with E-state index < -0.39 is 0 Å². The quantitative estimate of drug-likeness (QED) is 0.555. The van der Waals surface area contributed by atoms with E-state index >= 15 is 0 Å². The number of aryl methyl sites for hydroxylation is 1. The highest BCUT2D eigenvalue weighted by atomic mass is 79.9. The highest BCUT2D eigenvalue weighted by molar-refractivity contribution is 9.10. The Balaban J connectivity index is 2.26. The van der Waals surface area contributed by atoms with Gasteiger partial charge >= 0.3 is 0 Å². The third kappa shape index (κ3) is 2.07. The van der Waals surface area contributed by atoms with E-state index in [1.807, 2.05) is 18.2 Å². The number of rotatable bonds is 1. The lowest BCUT2D eigenvalue weighted by Gasteiger charge is -2.02. The molecule has 0 bridgehead atoms. The van der Waals surface area contributed by atoms with Gasteiger partial charge in [0.2, 0.25) is 0 Å². The minimum Gasteiger partial charge on any atom is -0.236 e. The highest BCUT2D eigenvalue weighted by Gasteiger charge is 2.12. The molecule has 0 radical (unpaired) electrons. The van der Waals surface area contributed by atoms with Crippen molar-refractivity contribution in [3.8, 4) is 10.6 Å². The molecule has 0 aliphatic carbocycles. The van der Waals surface area contributed by atoms with Gasteiger partial charge in [-0.2, -0.15) is 0 Å². The minimum atomic E-state index is 0.722. The zero-order valence-electron chi connectivity index (χ0n) is 9.58. The SMILES string of the molecule is Cc1ccc2nc(-c3c(Cl)cccc3Br)sc2c1. The van der Waals surface area contributed by atoms with Gasteiger partial charge in [0.1, 0.15) is 5.01 Å². The molecule has 90 valence electrons. The summed E-state index contributed by atoms with van der Waals surface area (Å²) in [5.41, 5.74) is 3.24. The first-order valence-corrected chi connectivity index (χ1v) is 7.45. The number of aromatic nitrogens is 1. The van der Waals surface area contributed by atoms with Crippen molar-refractivity contribution in [2.45, 2.75) is 6.92 Å². The molecule has 4 heteroatoms. The van der Waals surface area contributed by atoms with E-state index in [0.717, 1.165) is 25.6 Å². The Kier molecular flexibility index (Phi) is 3.14. The molecular weight excluding hydrogens is 330 g/mol. The molecule has 0 atom stereocenters. The molecule has 0 aliphatic rings. The van der Waals surface area contributed by atoms with E-state index in [1.54, 1.807) is 11.3 Å². The maximum absolute atomic E-state index is 6.26. The van der Waals surface area contributed by atoms with Gasteiger partial charge < -0.3 is 0 Å². The molecule has 2 aromatic carbocycles. The molecule has 0 saturated carbocycles. The fourth-order valence-corrected chi connectivity index (χ4v) is 4.10. The number of hydrogen-bond acceptors (Lipinski definition) is 2. The van der Waals surface area contributed by atoms with Crippen LogP contribution in [0.1, 0.15) is 5.56 Å². The molecule has 3 aromatic rings. The number of hydrogen-bond donors (Lipinski definition) is 0. The maximum atomic E-state index is 6.26. The second kappa shape index (κ2) is 4.65. The van der Waals surface area contributed by atoms with Gasteiger partial charge in [0.25, 0.3) is 0 Å². The van der Waals surface area contributed by atoms with Crippen molar-refractivity contribution in [2.75, 3.05) is 0 Å². The summed E-state index contributed by atoms with van der Waals surface area (Å²) in [5.74, 6) is 0. The second-order valence-corrected chi connectivity index (χ2v) is 6.38. The van der Waals surface area contributed by atoms with Crippen LogP contribution in [-0.2, 0) is 0 Å². The average Bonchev–Trinajstić information content (AvgIpc) is 2.71. The van der Waals surface area contributed by atoms with Crippen LogP contribution >= 0.6 is 38.9 Å². The first kappa shape index (κ1) is 12.2. The molecule has 0 aliphatic heterocycles. The maximum Gasteiger partial charge on any atom is 0.127 e. The third-order valence-electron chi connectivity index (χ3n) is 2.72. The predicted molar refractivity (Wildman–Crippen MR) is 82.5 cm³/mol. The van der Waals surface area contributed by atoms with E-state index in [9.17, 15) is 0 Å². The largest absolute Gasteiger partial charge is 0.236 e. The van der Waals surface area contributed by atoms with Gasteiger partial charge in [0.15, 0.2) is 0 Å². The molecule has 1 heterocycles. The van der Waals surface area contributed by atoms with Crippen LogP contribution in [0.3, 0.4) is 0 Å². The molecule has 3 rings (SSSR count). The Morgan fingerprint density at radius 1 is 1.22 bits per heavy atom. The van der Waals surface area contributed by atoms with Crippen LogP contribution in [0.2, 0.25) is 5.02 Å². The fourth-order valence-electron chi connectivity index (χ4n) is 1.84. The Morgan fingerprint density at radius 3 is 2.83 bits per heavy atom. The lowest BCUT2D eigenvalue weighted by Crippen LogP contribution is -1.80. The van der Waals surface area contributed by atoms with Gasteiger partial charge in [-0.3, -0.25) is 0 Å². The summed E-state index contributed by atoms with van der Waals surface area (Å²) in [4.78, 5) is 4.65. The third-order valence-corrected chi connectivity index (χ3v) is 4.73. The molecular formula is C14H9BrClNS. The summed E-state index contributed by atoms with van der Waals surface area (Å²) >= 11 is 11.5. The monoisotopic (exact) mass is 337 g/mol. The van der Waals surface area contributed by atoms with Crippen LogP contribution in [0.5, 0.6) is 0 Å². The van der Waals surface area contributed by atoms with Gasteiger partial charge in [-0.25, -0.2) is 4.98 Å². The lowest BCUT2D eigenvalue weighted by atomic mass is 10.2. The summed E-state index contributed by atoms with van der Waals surface area (Å²) in [5, 5.41) is 1.67. The van der Waals surface area contributed by atoms with E-state index in [1.165, 1.54) is 10.3 Å². The summed E-state index contributed by atoms with van der Waals surface area (Å²) in [6, 6.07) is 12.1. The van der Waals surface area contributed by atoms with Crippen LogP contribution in [0.15, 0.2) is 40.9 Å². The topological polar surface area (TPSA) is 12.9 Å². The van der Waals surface area contributed by atoms with Crippen molar-refractivity contribution < 1.29 is 0 Å². The van der Waals surface area contributed by atoms with Gasteiger partial charge in [-0.05, 0) is 36.8 Å². The molecule has 1 nitrogen and oxygen atoms in total. The number of thiazole rings is 1. The van der Waals surface area contributed by atoms with Crippen LogP contribution in [0, 0.1) is 6.92 Å². The molecule has 1 aromatic heterocycles. The van der Waals surface area contributed by atoms with Crippen LogP contribution in [-0.4, -0.2) is 4.98 Å². The molecule has 18 heavy (non-hydrogen) atoms. The highest BCUT2D eigenvalue weighted by Crippen LogP contribution is 2.38. The molecule has 0 saturated heterocycles. The van der Waals surface area contributed by atoms with E-state index in [-0.39, 0.29) is 0 Å². The number of nitrogens with zero attached hydrogens (tertiary/aromatic N) is 1. The predicted octanol–water partition coefficient (Wildman–Crippen LogP) is 5.69. The van der Waals surface area contributed by atoms with Gasteiger partial charge in [-0.15, -0.1) is 11.3 Å². The second-order valence-electron chi connectivity index (χ2n) is 4.09.